The van der Waals surface area contributed by atoms with Crippen molar-refractivity contribution in [2.45, 2.75) is 51.9 Å². The number of aliphatic carboxylic acids is 1. The SMILES string of the molecule is CCC(C(=O)NC(CC(=O)O)C(=O)COCc1c(F)cccc1Cl)n1ccnc(NCc2nonc2C)c1=O. The van der Waals surface area contributed by atoms with Crippen molar-refractivity contribution in [1.82, 2.24) is 25.2 Å². The molecule has 2 atom stereocenters. The van der Waals surface area contributed by atoms with Crippen LogP contribution in [0.4, 0.5) is 10.2 Å². The molecule has 208 valence electrons. The summed E-state index contributed by atoms with van der Waals surface area (Å²) < 4.78 is 24.9. The Hall–Kier alpha value is -4.17. The van der Waals surface area contributed by atoms with Gasteiger partial charge in [0.1, 0.15) is 35.9 Å². The highest BCUT2D eigenvalue weighted by Crippen LogP contribution is 2.20. The Labute approximate surface area is 226 Å². The second-order valence-electron chi connectivity index (χ2n) is 8.38. The molecule has 0 saturated carbocycles. The summed E-state index contributed by atoms with van der Waals surface area (Å²) in [5.41, 5.74) is 0.402. The van der Waals surface area contributed by atoms with E-state index in [4.69, 9.17) is 16.3 Å². The van der Waals surface area contributed by atoms with E-state index in [9.17, 15) is 28.7 Å². The minimum Gasteiger partial charge on any atom is -0.481 e. The van der Waals surface area contributed by atoms with Gasteiger partial charge >= 0.3 is 5.97 Å². The van der Waals surface area contributed by atoms with Gasteiger partial charge in [0, 0.05) is 23.0 Å². The molecule has 1 amide bonds. The number of nitrogens with one attached hydrogen (secondary N) is 2. The molecule has 0 aliphatic heterocycles. The zero-order valence-corrected chi connectivity index (χ0v) is 21.8. The number of aromatic nitrogens is 4. The van der Waals surface area contributed by atoms with Gasteiger partial charge in [0.2, 0.25) is 5.91 Å². The van der Waals surface area contributed by atoms with Crippen molar-refractivity contribution in [1.29, 1.82) is 0 Å². The Bertz CT molecular complexity index is 1380. The Morgan fingerprint density at radius 2 is 2.05 bits per heavy atom. The highest BCUT2D eigenvalue weighted by molar-refractivity contribution is 6.31. The van der Waals surface area contributed by atoms with E-state index in [0.29, 0.717) is 11.4 Å². The van der Waals surface area contributed by atoms with Crippen LogP contribution in [0.25, 0.3) is 0 Å². The second-order valence-corrected chi connectivity index (χ2v) is 8.79. The summed E-state index contributed by atoms with van der Waals surface area (Å²) in [5, 5.41) is 22.0. The first-order chi connectivity index (χ1) is 18.6. The summed E-state index contributed by atoms with van der Waals surface area (Å²) in [4.78, 5) is 54.3. The zero-order chi connectivity index (χ0) is 28.5. The fraction of sp³-hybridized carbons (Fsp3) is 0.375. The number of anilines is 1. The van der Waals surface area contributed by atoms with Crippen LogP contribution < -0.4 is 16.2 Å². The number of ketones is 1. The van der Waals surface area contributed by atoms with Gasteiger partial charge in [0.25, 0.3) is 5.56 Å². The number of hydrogen-bond acceptors (Lipinski definition) is 10. The number of rotatable bonds is 14. The molecule has 0 radical (unpaired) electrons. The van der Waals surface area contributed by atoms with E-state index in [1.54, 1.807) is 13.8 Å². The second kappa shape index (κ2) is 13.6. The molecule has 2 unspecified atom stereocenters. The molecular weight excluding hydrogens is 539 g/mol. The van der Waals surface area contributed by atoms with Crippen molar-refractivity contribution in [3.8, 4) is 0 Å². The summed E-state index contributed by atoms with van der Waals surface area (Å²) in [6.45, 7) is 2.46. The maximum atomic E-state index is 13.9. The molecule has 3 rings (SSSR count). The molecule has 0 spiro atoms. The van der Waals surface area contributed by atoms with Crippen molar-refractivity contribution in [3.63, 3.8) is 0 Å². The highest BCUT2D eigenvalue weighted by atomic mass is 35.5. The van der Waals surface area contributed by atoms with E-state index < -0.39 is 54.1 Å². The number of carboxylic acid groups (broad SMARTS) is 1. The molecule has 2 aromatic heterocycles. The number of hydrogen-bond donors (Lipinski definition) is 3. The molecular formula is C24H26ClFN6O7. The molecule has 2 heterocycles. The lowest BCUT2D eigenvalue weighted by Crippen LogP contribution is -2.47. The minimum atomic E-state index is -1.46. The van der Waals surface area contributed by atoms with Crippen LogP contribution in [0, 0.1) is 12.7 Å². The number of halogens is 2. The maximum Gasteiger partial charge on any atom is 0.305 e. The normalized spacial score (nSPS) is 12.5. The molecule has 0 bridgehead atoms. The molecule has 1 aromatic carbocycles. The molecule has 13 nitrogen and oxygen atoms in total. The van der Waals surface area contributed by atoms with Gasteiger partial charge in [-0.25, -0.2) is 14.0 Å². The fourth-order valence-electron chi connectivity index (χ4n) is 3.59. The van der Waals surface area contributed by atoms with E-state index in [-0.39, 0.29) is 36.0 Å². The standard InChI is InChI=1S/C24H26ClFN6O7/c1-3-19(32-8-7-27-22(24(32)37)28-10-18-13(2)30-39-31-18)23(36)29-17(9-21(34)35)20(33)12-38-11-14-15(25)5-4-6-16(14)26/h4-8,17,19H,3,9-12H2,1-2H3,(H,27,28)(H,29,36)(H,34,35). The first-order valence-electron chi connectivity index (χ1n) is 11.8. The van der Waals surface area contributed by atoms with Crippen LogP contribution in [0.1, 0.15) is 42.8 Å². The van der Waals surface area contributed by atoms with Gasteiger partial charge in [-0.3, -0.25) is 23.7 Å². The van der Waals surface area contributed by atoms with Crippen molar-refractivity contribution >= 4 is 35.1 Å². The summed E-state index contributed by atoms with van der Waals surface area (Å²) >= 11 is 5.94. The van der Waals surface area contributed by atoms with Gasteiger partial charge in [0.15, 0.2) is 11.6 Å². The van der Waals surface area contributed by atoms with Gasteiger partial charge in [-0.2, -0.15) is 0 Å². The van der Waals surface area contributed by atoms with Crippen molar-refractivity contribution < 1.29 is 33.2 Å². The van der Waals surface area contributed by atoms with Crippen LogP contribution >= 0.6 is 11.6 Å². The summed E-state index contributed by atoms with van der Waals surface area (Å²) in [6.07, 6.45) is 2.03. The summed E-state index contributed by atoms with van der Waals surface area (Å²) in [7, 11) is 0. The molecule has 3 N–H and O–H groups in total. The van der Waals surface area contributed by atoms with Gasteiger partial charge in [0.05, 0.1) is 19.6 Å². The Kier molecular flexibility index (Phi) is 10.2. The quantitative estimate of drug-likeness (QED) is 0.261. The van der Waals surface area contributed by atoms with Gasteiger partial charge in [-0.05, 0) is 25.5 Å². The largest absolute Gasteiger partial charge is 0.481 e. The Balaban J connectivity index is 1.69. The van der Waals surface area contributed by atoms with E-state index in [1.807, 2.05) is 0 Å². The molecule has 0 aliphatic carbocycles. The molecule has 39 heavy (non-hydrogen) atoms. The number of carboxylic acids is 1. The Morgan fingerprint density at radius 1 is 1.28 bits per heavy atom. The molecule has 0 saturated heterocycles. The fourth-order valence-corrected chi connectivity index (χ4v) is 3.81. The summed E-state index contributed by atoms with van der Waals surface area (Å²) in [5.74, 6) is -3.55. The van der Waals surface area contributed by atoms with E-state index in [0.717, 1.165) is 4.57 Å². The van der Waals surface area contributed by atoms with Crippen molar-refractivity contribution in [2.75, 3.05) is 11.9 Å². The monoisotopic (exact) mass is 564 g/mol. The van der Waals surface area contributed by atoms with Crippen LogP contribution in [0.15, 0.2) is 40.0 Å². The minimum absolute atomic E-state index is 0.0354. The summed E-state index contributed by atoms with van der Waals surface area (Å²) in [6, 6.07) is 1.51. The number of Topliss-reactive ketones (excluding diaryl/α,β-unsaturated/α-hetero) is 1. The number of aryl methyl sites for hydroxylation is 1. The number of nitrogens with zero attached hydrogens (tertiary/aromatic N) is 4. The van der Waals surface area contributed by atoms with E-state index in [2.05, 4.69) is 30.6 Å². The number of amides is 1. The Morgan fingerprint density at radius 3 is 2.69 bits per heavy atom. The number of benzene rings is 1. The number of carbonyl (C=O) groups is 3. The molecule has 0 aliphatic rings. The number of ether oxygens (including phenoxy) is 1. The third-order valence-corrected chi connectivity index (χ3v) is 6.05. The van der Waals surface area contributed by atoms with E-state index >= 15 is 0 Å². The van der Waals surface area contributed by atoms with Crippen LogP contribution in [-0.2, 0) is 32.3 Å². The first-order valence-corrected chi connectivity index (χ1v) is 12.1. The molecule has 0 fully saturated rings. The maximum absolute atomic E-state index is 13.9. The van der Waals surface area contributed by atoms with Crippen LogP contribution in [0.2, 0.25) is 5.02 Å². The smallest absolute Gasteiger partial charge is 0.305 e. The third-order valence-electron chi connectivity index (χ3n) is 5.70. The molecule has 3 aromatic rings. The highest BCUT2D eigenvalue weighted by Gasteiger charge is 2.28. The average Bonchev–Trinajstić information content (AvgIpc) is 3.30. The number of carbonyl (C=O) groups excluding carboxylic acids is 2. The van der Waals surface area contributed by atoms with Crippen LogP contribution in [0.3, 0.4) is 0 Å². The van der Waals surface area contributed by atoms with Crippen LogP contribution in [0.5, 0.6) is 0 Å². The predicted octanol–water partition coefficient (Wildman–Crippen LogP) is 2.04. The van der Waals surface area contributed by atoms with Gasteiger partial charge in [-0.15, -0.1) is 0 Å². The van der Waals surface area contributed by atoms with Gasteiger partial charge in [-0.1, -0.05) is 34.9 Å². The zero-order valence-electron chi connectivity index (χ0n) is 21.0. The van der Waals surface area contributed by atoms with E-state index in [1.165, 1.54) is 30.6 Å². The molecule has 15 heteroatoms. The van der Waals surface area contributed by atoms with Gasteiger partial charge < -0.3 is 20.5 Å². The lowest BCUT2D eigenvalue weighted by molar-refractivity contribution is -0.141. The third kappa shape index (κ3) is 7.67. The lowest BCUT2D eigenvalue weighted by Gasteiger charge is -2.22. The van der Waals surface area contributed by atoms with Crippen molar-refractivity contribution in [3.05, 3.63) is 68.7 Å². The predicted molar refractivity (Wildman–Crippen MR) is 134 cm³/mol. The lowest BCUT2D eigenvalue weighted by atomic mass is 10.1. The van der Waals surface area contributed by atoms with Crippen molar-refractivity contribution in [2.24, 2.45) is 0 Å². The first kappa shape index (κ1) is 29.4. The topological polar surface area (TPSA) is 179 Å². The van der Waals surface area contributed by atoms with Crippen LogP contribution in [-0.4, -0.2) is 55.3 Å². The average molecular weight is 565 g/mol.